The van der Waals surface area contributed by atoms with E-state index in [1.54, 1.807) is 0 Å². The van der Waals surface area contributed by atoms with Gasteiger partial charge in [-0.1, -0.05) is 39.0 Å². The van der Waals surface area contributed by atoms with Gasteiger partial charge in [0, 0.05) is 6.04 Å². The van der Waals surface area contributed by atoms with E-state index in [4.69, 9.17) is 5.84 Å². The Morgan fingerprint density at radius 3 is 2.65 bits per heavy atom. The second-order valence-electron chi connectivity index (χ2n) is 6.38. The summed E-state index contributed by atoms with van der Waals surface area (Å²) < 4.78 is 0. The normalized spacial score (nSPS) is 33.2. The van der Waals surface area contributed by atoms with E-state index in [1.165, 1.54) is 64.2 Å². The Kier molecular flexibility index (Phi) is 5.30. The van der Waals surface area contributed by atoms with Crippen LogP contribution in [0.4, 0.5) is 0 Å². The summed E-state index contributed by atoms with van der Waals surface area (Å²) in [6.07, 6.45) is 14.1. The first kappa shape index (κ1) is 13.4. The Hall–Kier alpha value is -0.0800. The Labute approximate surface area is 107 Å². The predicted molar refractivity (Wildman–Crippen MR) is 73.4 cm³/mol. The molecular weight excluding hydrogens is 208 g/mol. The average molecular weight is 238 g/mol. The fourth-order valence-corrected chi connectivity index (χ4v) is 4.12. The summed E-state index contributed by atoms with van der Waals surface area (Å²) in [4.78, 5) is 0. The molecule has 3 N–H and O–H groups in total. The summed E-state index contributed by atoms with van der Waals surface area (Å²) >= 11 is 0. The Bertz CT molecular complexity index is 217. The first-order chi connectivity index (χ1) is 8.33. The van der Waals surface area contributed by atoms with Crippen molar-refractivity contribution < 1.29 is 0 Å². The summed E-state index contributed by atoms with van der Waals surface area (Å²) in [5.41, 5.74) is 3.07. The number of rotatable bonds is 8. The molecule has 2 heteroatoms. The molecule has 17 heavy (non-hydrogen) atoms. The lowest BCUT2D eigenvalue weighted by molar-refractivity contribution is 0.270. The summed E-state index contributed by atoms with van der Waals surface area (Å²) in [5, 5.41) is 0. The lowest BCUT2D eigenvalue weighted by Crippen LogP contribution is -2.37. The summed E-state index contributed by atoms with van der Waals surface area (Å²) in [5.74, 6) is 8.82. The highest BCUT2D eigenvalue weighted by Crippen LogP contribution is 2.50. The average Bonchev–Trinajstić information content (AvgIpc) is 2.95. The molecule has 0 aromatic rings. The van der Waals surface area contributed by atoms with Crippen molar-refractivity contribution in [2.45, 2.75) is 77.2 Å². The second kappa shape index (κ2) is 6.75. The van der Waals surface area contributed by atoms with E-state index in [9.17, 15) is 0 Å². The van der Waals surface area contributed by atoms with Gasteiger partial charge >= 0.3 is 0 Å². The molecule has 4 atom stereocenters. The van der Waals surface area contributed by atoms with Crippen LogP contribution in [0.15, 0.2) is 0 Å². The van der Waals surface area contributed by atoms with Gasteiger partial charge in [-0.15, -0.1) is 0 Å². The van der Waals surface area contributed by atoms with Crippen LogP contribution in [0.2, 0.25) is 0 Å². The van der Waals surface area contributed by atoms with Crippen molar-refractivity contribution in [1.29, 1.82) is 0 Å². The van der Waals surface area contributed by atoms with Crippen molar-refractivity contribution in [2.24, 2.45) is 23.6 Å². The largest absolute Gasteiger partial charge is 0.271 e. The van der Waals surface area contributed by atoms with Crippen molar-refractivity contribution in [2.75, 3.05) is 0 Å². The predicted octanol–water partition coefficient (Wildman–Crippen LogP) is 3.62. The maximum Gasteiger partial charge on any atom is 0.0213 e. The van der Waals surface area contributed by atoms with E-state index >= 15 is 0 Å². The zero-order valence-electron chi connectivity index (χ0n) is 11.5. The number of hydrogen-bond donors (Lipinski definition) is 2. The third-order valence-electron chi connectivity index (χ3n) is 5.11. The van der Waals surface area contributed by atoms with Gasteiger partial charge in [-0.25, -0.2) is 0 Å². The highest BCUT2D eigenvalue weighted by Gasteiger charge is 2.39. The van der Waals surface area contributed by atoms with Gasteiger partial charge < -0.3 is 0 Å². The summed E-state index contributed by atoms with van der Waals surface area (Å²) in [6.45, 7) is 2.27. The van der Waals surface area contributed by atoms with Crippen LogP contribution in [0.5, 0.6) is 0 Å². The van der Waals surface area contributed by atoms with E-state index in [0.29, 0.717) is 6.04 Å². The Morgan fingerprint density at radius 1 is 1.18 bits per heavy atom. The third-order valence-corrected chi connectivity index (χ3v) is 5.11. The molecule has 4 unspecified atom stereocenters. The molecular formula is C15H30N2. The lowest BCUT2D eigenvalue weighted by atomic mass is 9.83. The monoisotopic (exact) mass is 238 g/mol. The summed E-state index contributed by atoms with van der Waals surface area (Å²) in [7, 11) is 0. The fourth-order valence-electron chi connectivity index (χ4n) is 4.12. The van der Waals surface area contributed by atoms with Gasteiger partial charge in [0.2, 0.25) is 0 Å². The minimum atomic E-state index is 0.580. The molecule has 100 valence electrons. The Morgan fingerprint density at radius 2 is 2.06 bits per heavy atom. The summed E-state index contributed by atoms with van der Waals surface area (Å²) in [6, 6.07) is 0.580. The van der Waals surface area contributed by atoms with Crippen LogP contribution >= 0.6 is 0 Å². The molecule has 2 saturated carbocycles. The minimum absolute atomic E-state index is 0.580. The quantitative estimate of drug-likeness (QED) is 0.385. The van der Waals surface area contributed by atoms with E-state index in [2.05, 4.69) is 12.3 Å². The van der Waals surface area contributed by atoms with Gasteiger partial charge in [-0.3, -0.25) is 11.3 Å². The molecule has 2 nitrogen and oxygen atoms in total. The number of unbranched alkanes of at least 4 members (excludes halogenated alkanes) is 3. The maximum absolute atomic E-state index is 5.71. The van der Waals surface area contributed by atoms with Crippen molar-refractivity contribution >= 4 is 0 Å². The third kappa shape index (κ3) is 3.69. The molecule has 2 aliphatic carbocycles. The van der Waals surface area contributed by atoms with Gasteiger partial charge in [0.05, 0.1) is 0 Å². The SMILES string of the molecule is CCCCCCC(CC1CC2CCC1C2)NN. The molecule has 0 heterocycles. The van der Waals surface area contributed by atoms with Gasteiger partial charge in [0.15, 0.2) is 0 Å². The van der Waals surface area contributed by atoms with Crippen LogP contribution in [0.1, 0.15) is 71.1 Å². The lowest BCUT2D eigenvalue weighted by Gasteiger charge is -2.26. The van der Waals surface area contributed by atoms with Gasteiger partial charge in [0.25, 0.3) is 0 Å². The van der Waals surface area contributed by atoms with Gasteiger partial charge in [-0.2, -0.15) is 0 Å². The number of hydrazine groups is 1. The topological polar surface area (TPSA) is 38.0 Å². The molecule has 2 bridgehead atoms. The van der Waals surface area contributed by atoms with E-state index < -0.39 is 0 Å². The van der Waals surface area contributed by atoms with Crippen LogP contribution in [0.25, 0.3) is 0 Å². The standard InChI is InChI=1S/C15H30N2/c1-2-3-4-5-6-15(17-16)11-14-10-12-7-8-13(14)9-12/h12-15,17H,2-11,16H2,1H3. The van der Waals surface area contributed by atoms with E-state index in [1.807, 2.05) is 0 Å². The Balaban J connectivity index is 1.65. The fraction of sp³-hybridized carbons (Fsp3) is 1.00. The van der Waals surface area contributed by atoms with Crippen molar-refractivity contribution in [1.82, 2.24) is 5.43 Å². The second-order valence-corrected chi connectivity index (χ2v) is 6.38. The minimum Gasteiger partial charge on any atom is -0.271 e. The first-order valence-electron chi connectivity index (χ1n) is 7.79. The van der Waals surface area contributed by atoms with Crippen molar-refractivity contribution in [3.63, 3.8) is 0 Å². The smallest absolute Gasteiger partial charge is 0.0213 e. The highest BCUT2D eigenvalue weighted by molar-refractivity contribution is 4.91. The van der Waals surface area contributed by atoms with Gasteiger partial charge in [-0.05, 0) is 49.9 Å². The van der Waals surface area contributed by atoms with Crippen LogP contribution in [0.3, 0.4) is 0 Å². The molecule has 0 spiro atoms. The van der Waals surface area contributed by atoms with E-state index in [0.717, 1.165) is 17.8 Å². The molecule has 0 aliphatic heterocycles. The molecule has 2 aliphatic rings. The van der Waals surface area contributed by atoms with Crippen molar-refractivity contribution in [3.05, 3.63) is 0 Å². The zero-order valence-corrected chi connectivity index (χ0v) is 11.5. The number of hydrogen-bond acceptors (Lipinski definition) is 2. The van der Waals surface area contributed by atoms with Crippen LogP contribution in [-0.4, -0.2) is 6.04 Å². The van der Waals surface area contributed by atoms with Crippen LogP contribution in [0, 0.1) is 17.8 Å². The first-order valence-corrected chi connectivity index (χ1v) is 7.79. The number of nitrogens with one attached hydrogen (secondary N) is 1. The molecule has 0 amide bonds. The van der Waals surface area contributed by atoms with Crippen molar-refractivity contribution in [3.8, 4) is 0 Å². The molecule has 0 aromatic heterocycles. The maximum atomic E-state index is 5.71. The van der Waals surface area contributed by atoms with Gasteiger partial charge in [0.1, 0.15) is 0 Å². The number of fused-ring (bicyclic) bond motifs is 2. The van der Waals surface area contributed by atoms with E-state index in [-0.39, 0.29) is 0 Å². The van der Waals surface area contributed by atoms with Crippen LogP contribution in [-0.2, 0) is 0 Å². The molecule has 2 fully saturated rings. The highest BCUT2D eigenvalue weighted by atomic mass is 15.2. The zero-order chi connectivity index (χ0) is 12.1. The van der Waals surface area contributed by atoms with Crippen LogP contribution < -0.4 is 11.3 Å². The molecule has 0 aromatic carbocycles. The molecule has 0 saturated heterocycles. The molecule has 0 radical (unpaired) electrons. The molecule has 2 rings (SSSR count). The number of nitrogens with two attached hydrogens (primary N) is 1.